The molecule has 2 nitrogen and oxygen atoms in total. The molecule has 2 N–H and O–H groups in total. The van der Waals surface area contributed by atoms with Crippen molar-refractivity contribution in [3.05, 3.63) is 65.2 Å². The van der Waals surface area contributed by atoms with E-state index in [-0.39, 0.29) is 18.3 Å². The van der Waals surface area contributed by atoms with Gasteiger partial charge in [0.2, 0.25) is 0 Å². The number of aromatic hydroxyl groups is 1. The van der Waals surface area contributed by atoms with Gasteiger partial charge in [0.1, 0.15) is 5.75 Å². The summed E-state index contributed by atoms with van der Waals surface area (Å²) >= 11 is 0. The van der Waals surface area contributed by atoms with Crippen molar-refractivity contribution in [3.63, 3.8) is 0 Å². The molecule has 0 aliphatic rings. The summed E-state index contributed by atoms with van der Waals surface area (Å²) in [6.07, 6.45) is 1.70. The van der Waals surface area contributed by atoms with Crippen LogP contribution in [-0.2, 0) is 12.8 Å². The van der Waals surface area contributed by atoms with Crippen molar-refractivity contribution in [1.82, 2.24) is 0 Å². The third-order valence-electron chi connectivity index (χ3n) is 3.33. The summed E-state index contributed by atoms with van der Waals surface area (Å²) in [6.45, 7) is 2.26. The maximum absolute atomic E-state index is 9.52. The van der Waals surface area contributed by atoms with Crippen LogP contribution in [0.3, 0.4) is 0 Å². The monoisotopic (exact) mass is 256 g/mol. The van der Waals surface area contributed by atoms with Crippen molar-refractivity contribution >= 4 is 0 Å². The van der Waals surface area contributed by atoms with E-state index in [0.29, 0.717) is 0 Å². The molecular formula is C17H20O2. The lowest BCUT2D eigenvalue weighted by molar-refractivity contribution is 0.225. The molecule has 0 radical (unpaired) electrons. The molecule has 1 unspecified atom stereocenters. The molecule has 0 aliphatic heterocycles. The SMILES string of the molecule is Cc1cccc(CC(CO)Cc2ccc(O)cc2)c1. The average Bonchev–Trinajstić information content (AvgIpc) is 2.40. The van der Waals surface area contributed by atoms with Crippen LogP contribution < -0.4 is 0 Å². The number of phenols is 1. The Balaban J connectivity index is 2.02. The fourth-order valence-corrected chi connectivity index (χ4v) is 2.34. The molecule has 2 rings (SSSR count). The van der Waals surface area contributed by atoms with Crippen molar-refractivity contribution in [3.8, 4) is 5.75 Å². The van der Waals surface area contributed by atoms with Gasteiger partial charge in [-0.15, -0.1) is 0 Å². The molecule has 19 heavy (non-hydrogen) atoms. The molecule has 0 saturated heterocycles. The molecular weight excluding hydrogens is 236 g/mol. The Morgan fingerprint density at radius 2 is 1.63 bits per heavy atom. The Labute approximate surface area is 114 Å². The number of benzene rings is 2. The number of hydrogen-bond acceptors (Lipinski definition) is 2. The van der Waals surface area contributed by atoms with Gasteiger partial charge < -0.3 is 10.2 Å². The Morgan fingerprint density at radius 3 is 2.26 bits per heavy atom. The van der Waals surface area contributed by atoms with Gasteiger partial charge in [0.15, 0.2) is 0 Å². The van der Waals surface area contributed by atoms with E-state index in [1.54, 1.807) is 12.1 Å². The number of hydrogen-bond donors (Lipinski definition) is 2. The second-order valence-corrected chi connectivity index (χ2v) is 5.11. The van der Waals surface area contributed by atoms with E-state index in [9.17, 15) is 10.2 Å². The first kappa shape index (κ1) is 13.6. The highest BCUT2D eigenvalue weighted by atomic mass is 16.3. The molecule has 0 heterocycles. The third kappa shape index (κ3) is 4.11. The van der Waals surface area contributed by atoms with Gasteiger partial charge in [-0.1, -0.05) is 42.0 Å². The highest BCUT2D eigenvalue weighted by Crippen LogP contribution is 2.17. The van der Waals surface area contributed by atoms with Crippen LogP contribution in [0, 0.1) is 12.8 Å². The Hall–Kier alpha value is -1.80. The molecule has 2 heteroatoms. The van der Waals surface area contributed by atoms with Crippen molar-refractivity contribution in [2.24, 2.45) is 5.92 Å². The minimum Gasteiger partial charge on any atom is -0.508 e. The van der Waals surface area contributed by atoms with Gasteiger partial charge in [0.25, 0.3) is 0 Å². The molecule has 2 aromatic carbocycles. The normalized spacial score (nSPS) is 12.3. The molecule has 0 aromatic heterocycles. The fourth-order valence-electron chi connectivity index (χ4n) is 2.34. The highest BCUT2D eigenvalue weighted by molar-refractivity contribution is 5.27. The quantitative estimate of drug-likeness (QED) is 0.863. The predicted octanol–water partition coefficient (Wildman–Crippen LogP) is 3.09. The van der Waals surface area contributed by atoms with Crippen molar-refractivity contribution in [1.29, 1.82) is 0 Å². The molecule has 0 bridgehead atoms. The summed E-state index contributed by atoms with van der Waals surface area (Å²) in [5.41, 5.74) is 3.65. The van der Waals surface area contributed by atoms with Crippen molar-refractivity contribution < 1.29 is 10.2 Å². The highest BCUT2D eigenvalue weighted by Gasteiger charge is 2.10. The number of aliphatic hydroxyl groups is 1. The fraction of sp³-hybridized carbons (Fsp3) is 0.294. The van der Waals surface area contributed by atoms with Gasteiger partial charge in [-0.3, -0.25) is 0 Å². The van der Waals surface area contributed by atoms with E-state index in [2.05, 4.69) is 31.2 Å². The second-order valence-electron chi connectivity index (χ2n) is 5.11. The molecule has 0 aliphatic carbocycles. The van der Waals surface area contributed by atoms with Crippen molar-refractivity contribution in [2.45, 2.75) is 19.8 Å². The first-order chi connectivity index (χ1) is 9.17. The van der Waals surface area contributed by atoms with Gasteiger partial charge in [-0.25, -0.2) is 0 Å². The minimum atomic E-state index is 0.175. The van der Waals surface area contributed by atoms with Crippen LogP contribution in [0.1, 0.15) is 16.7 Å². The minimum absolute atomic E-state index is 0.175. The van der Waals surface area contributed by atoms with E-state index in [1.165, 1.54) is 11.1 Å². The standard InChI is InChI=1S/C17H20O2/c1-13-3-2-4-15(9-13)11-16(12-18)10-14-5-7-17(19)8-6-14/h2-9,16,18-19H,10-12H2,1H3. The van der Waals surface area contributed by atoms with Crippen LogP contribution >= 0.6 is 0 Å². The van der Waals surface area contributed by atoms with Crippen LogP contribution in [0.4, 0.5) is 0 Å². The summed E-state index contributed by atoms with van der Waals surface area (Å²) < 4.78 is 0. The van der Waals surface area contributed by atoms with Crippen LogP contribution in [0.5, 0.6) is 5.75 Å². The van der Waals surface area contributed by atoms with E-state index in [1.807, 2.05) is 12.1 Å². The Bertz CT molecular complexity index is 517. The van der Waals surface area contributed by atoms with Gasteiger partial charge in [0.05, 0.1) is 0 Å². The van der Waals surface area contributed by atoms with Crippen molar-refractivity contribution in [2.75, 3.05) is 6.61 Å². The smallest absolute Gasteiger partial charge is 0.115 e. The largest absolute Gasteiger partial charge is 0.508 e. The zero-order valence-corrected chi connectivity index (χ0v) is 11.2. The average molecular weight is 256 g/mol. The van der Waals surface area contributed by atoms with E-state index in [0.717, 1.165) is 18.4 Å². The van der Waals surface area contributed by atoms with Crippen LogP contribution in [-0.4, -0.2) is 16.8 Å². The zero-order valence-electron chi connectivity index (χ0n) is 11.2. The summed E-state index contributed by atoms with van der Waals surface area (Å²) in [5, 5.41) is 18.8. The molecule has 1 atom stereocenters. The van der Waals surface area contributed by atoms with E-state index < -0.39 is 0 Å². The lowest BCUT2D eigenvalue weighted by Gasteiger charge is -2.14. The summed E-state index contributed by atoms with van der Waals surface area (Å²) in [6, 6.07) is 15.6. The summed E-state index contributed by atoms with van der Waals surface area (Å²) in [4.78, 5) is 0. The number of phenolic OH excluding ortho intramolecular Hbond substituents is 1. The van der Waals surface area contributed by atoms with Crippen LogP contribution in [0.15, 0.2) is 48.5 Å². The van der Waals surface area contributed by atoms with E-state index in [4.69, 9.17) is 0 Å². The van der Waals surface area contributed by atoms with Gasteiger partial charge in [-0.05, 0) is 48.9 Å². The first-order valence-electron chi connectivity index (χ1n) is 6.61. The lowest BCUT2D eigenvalue weighted by Crippen LogP contribution is -2.13. The lowest BCUT2D eigenvalue weighted by atomic mass is 9.93. The Kier molecular flexibility index (Phi) is 4.58. The second kappa shape index (κ2) is 6.39. The topological polar surface area (TPSA) is 40.5 Å². The number of aliphatic hydroxyl groups excluding tert-OH is 1. The zero-order chi connectivity index (χ0) is 13.7. The van der Waals surface area contributed by atoms with E-state index >= 15 is 0 Å². The number of aryl methyl sites for hydroxylation is 1. The van der Waals surface area contributed by atoms with Crippen LogP contribution in [0.25, 0.3) is 0 Å². The maximum atomic E-state index is 9.52. The number of rotatable bonds is 5. The molecule has 0 fully saturated rings. The Morgan fingerprint density at radius 1 is 0.947 bits per heavy atom. The summed E-state index contributed by atoms with van der Waals surface area (Å²) in [5.74, 6) is 0.495. The van der Waals surface area contributed by atoms with Gasteiger partial charge in [-0.2, -0.15) is 0 Å². The van der Waals surface area contributed by atoms with Gasteiger partial charge >= 0.3 is 0 Å². The summed E-state index contributed by atoms with van der Waals surface area (Å²) in [7, 11) is 0. The molecule has 2 aromatic rings. The molecule has 0 amide bonds. The first-order valence-corrected chi connectivity index (χ1v) is 6.61. The maximum Gasteiger partial charge on any atom is 0.115 e. The molecule has 0 saturated carbocycles. The van der Waals surface area contributed by atoms with Gasteiger partial charge in [0, 0.05) is 6.61 Å². The predicted molar refractivity (Wildman–Crippen MR) is 77.3 cm³/mol. The molecule has 0 spiro atoms. The molecule has 100 valence electrons. The van der Waals surface area contributed by atoms with Crippen LogP contribution in [0.2, 0.25) is 0 Å². The third-order valence-corrected chi connectivity index (χ3v) is 3.33.